The Labute approximate surface area is 122 Å². The van der Waals surface area contributed by atoms with Crippen molar-refractivity contribution in [2.75, 3.05) is 18.5 Å². The summed E-state index contributed by atoms with van der Waals surface area (Å²) in [6, 6.07) is 11.2. The number of hydrogen-bond acceptors (Lipinski definition) is 6. The summed E-state index contributed by atoms with van der Waals surface area (Å²) in [5.74, 6) is 2.16. The van der Waals surface area contributed by atoms with Gasteiger partial charge in [0.1, 0.15) is 25.1 Å². The van der Waals surface area contributed by atoms with Crippen molar-refractivity contribution in [3.8, 4) is 17.6 Å². The quantitative estimate of drug-likeness (QED) is 0.930. The van der Waals surface area contributed by atoms with Crippen LogP contribution >= 0.6 is 0 Å². The molecule has 106 valence electrons. The minimum absolute atomic E-state index is 0.0306. The lowest BCUT2D eigenvalue weighted by molar-refractivity contribution is 0.171. The van der Waals surface area contributed by atoms with E-state index in [0.717, 1.165) is 17.1 Å². The topological polar surface area (TPSA) is 80.1 Å². The van der Waals surface area contributed by atoms with Gasteiger partial charge in [-0.15, -0.1) is 10.2 Å². The van der Waals surface area contributed by atoms with Crippen LogP contribution in [0.3, 0.4) is 0 Å². The standard InChI is InChI=1S/C15H14N4O2/c1-10(17-15-5-3-12(9-16)18-19-15)11-2-4-13-14(8-11)21-7-6-20-13/h2-5,8,10H,6-7H2,1H3,(H,17,19). The van der Waals surface area contributed by atoms with Gasteiger partial charge in [0.15, 0.2) is 17.2 Å². The number of ether oxygens (including phenoxy) is 2. The Morgan fingerprint density at radius 1 is 1.14 bits per heavy atom. The number of nitrogens with one attached hydrogen (secondary N) is 1. The average Bonchev–Trinajstić information content (AvgIpc) is 2.55. The highest BCUT2D eigenvalue weighted by Gasteiger charge is 2.14. The van der Waals surface area contributed by atoms with Crippen molar-refractivity contribution in [1.29, 1.82) is 5.26 Å². The van der Waals surface area contributed by atoms with Crippen LogP contribution in [-0.4, -0.2) is 23.4 Å². The Kier molecular flexibility index (Phi) is 3.56. The molecule has 6 heteroatoms. The normalized spacial score (nSPS) is 14.1. The molecule has 21 heavy (non-hydrogen) atoms. The Morgan fingerprint density at radius 2 is 1.95 bits per heavy atom. The highest BCUT2D eigenvalue weighted by atomic mass is 16.6. The molecule has 1 N–H and O–H groups in total. The first-order chi connectivity index (χ1) is 10.3. The van der Waals surface area contributed by atoms with Crippen LogP contribution in [0.4, 0.5) is 5.82 Å². The summed E-state index contributed by atoms with van der Waals surface area (Å²) in [6.45, 7) is 3.17. The summed E-state index contributed by atoms with van der Waals surface area (Å²) in [4.78, 5) is 0. The van der Waals surface area contributed by atoms with Gasteiger partial charge in [-0.3, -0.25) is 0 Å². The maximum atomic E-state index is 8.70. The van der Waals surface area contributed by atoms with E-state index in [9.17, 15) is 0 Å². The molecular formula is C15H14N4O2. The third-order valence-corrected chi connectivity index (χ3v) is 3.21. The second-order valence-corrected chi connectivity index (χ2v) is 4.68. The highest BCUT2D eigenvalue weighted by molar-refractivity contribution is 5.46. The molecule has 0 radical (unpaired) electrons. The number of aromatic nitrogens is 2. The predicted octanol–water partition coefficient (Wildman–Crippen LogP) is 2.29. The monoisotopic (exact) mass is 282 g/mol. The average molecular weight is 282 g/mol. The summed E-state index contributed by atoms with van der Waals surface area (Å²) < 4.78 is 11.1. The summed E-state index contributed by atoms with van der Waals surface area (Å²) in [6.07, 6.45) is 0. The van der Waals surface area contributed by atoms with Gasteiger partial charge in [-0.25, -0.2) is 0 Å². The third-order valence-electron chi connectivity index (χ3n) is 3.21. The molecule has 0 saturated carbocycles. The van der Waals surface area contributed by atoms with E-state index in [1.807, 2.05) is 31.2 Å². The molecule has 6 nitrogen and oxygen atoms in total. The predicted molar refractivity (Wildman–Crippen MR) is 76.2 cm³/mol. The van der Waals surface area contributed by atoms with Crippen LogP contribution in [-0.2, 0) is 0 Å². The lowest BCUT2D eigenvalue weighted by Crippen LogP contribution is -2.16. The maximum Gasteiger partial charge on any atom is 0.163 e. The first-order valence-electron chi connectivity index (χ1n) is 6.66. The van der Waals surface area contributed by atoms with Gasteiger partial charge in [0.05, 0.1) is 6.04 Å². The Morgan fingerprint density at radius 3 is 2.67 bits per heavy atom. The van der Waals surface area contributed by atoms with Crippen molar-refractivity contribution in [1.82, 2.24) is 10.2 Å². The molecule has 1 aromatic carbocycles. The molecule has 0 saturated heterocycles. The van der Waals surface area contributed by atoms with E-state index >= 15 is 0 Å². The zero-order chi connectivity index (χ0) is 14.7. The van der Waals surface area contributed by atoms with Gasteiger partial charge in [0.25, 0.3) is 0 Å². The SMILES string of the molecule is CC(Nc1ccc(C#N)nn1)c1ccc2c(c1)OCCO2. The minimum atomic E-state index is 0.0306. The molecule has 2 aromatic rings. The second kappa shape index (κ2) is 5.67. The fourth-order valence-electron chi connectivity index (χ4n) is 2.10. The van der Waals surface area contributed by atoms with Gasteiger partial charge in [-0.1, -0.05) is 6.07 Å². The van der Waals surface area contributed by atoms with E-state index in [1.165, 1.54) is 0 Å². The zero-order valence-corrected chi connectivity index (χ0v) is 11.5. The van der Waals surface area contributed by atoms with Gasteiger partial charge in [-0.05, 0) is 36.8 Å². The van der Waals surface area contributed by atoms with E-state index < -0.39 is 0 Å². The molecular weight excluding hydrogens is 268 g/mol. The van der Waals surface area contributed by atoms with Gasteiger partial charge >= 0.3 is 0 Å². The smallest absolute Gasteiger partial charge is 0.163 e. The highest BCUT2D eigenvalue weighted by Crippen LogP contribution is 2.33. The van der Waals surface area contributed by atoms with Crippen LogP contribution in [0.2, 0.25) is 0 Å². The van der Waals surface area contributed by atoms with Gasteiger partial charge in [0, 0.05) is 0 Å². The number of fused-ring (bicyclic) bond motifs is 1. The van der Waals surface area contributed by atoms with Crippen LogP contribution in [0.15, 0.2) is 30.3 Å². The van der Waals surface area contributed by atoms with E-state index in [1.54, 1.807) is 12.1 Å². The molecule has 2 heterocycles. The molecule has 0 spiro atoms. The molecule has 1 aliphatic rings. The number of nitrogens with zero attached hydrogens (tertiary/aromatic N) is 3. The van der Waals surface area contributed by atoms with E-state index in [0.29, 0.717) is 24.7 Å². The van der Waals surface area contributed by atoms with Crippen molar-refractivity contribution >= 4 is 5.82 Å². The lowest BCUT2D eigenvalue weighted by atomic mass is 10.1. The zero-order valence-electron chi connectivity index (χ0n) is 11.5. The third kappa shape index (κ3) is 2.87. The number of hydrogen-bond donors (Lipinski definition) is 1. The fraction of sp³-hybridized carbons (Fsp3) is 0.267. The molecule has 0 aliphatic carbocycles. The van der Waals surface area contributed by atoms with Crippen LogP contribution in [0, 0.1) is 11.3 Å². The molecule has 0 amide bonds. The molecule has 1 unspecified atom stereocenters. The van der Waals surface area contributed by atoms with Crippen molar-refractivity contribution in [3.05, 3.63) is 41.6 Å². The number of anilines is 1. The van der Waals surface area contributed by atoms with Crippen LogP contribution in [0.1, 0.15) is 24.2 Å². The fourth-order valence-corrected chi connectivity index (χ4v) is 2.10. The van der Waals surface area contributed by atoms with E-state index in [2.05, 4.69) is 15.5 Å². The summed E-state index contributed by atoms with van der Waals surface area (Å²) in [7, 11) is 0. The first-order valence-corrected chi connectivity index (χ1v) is 6.66. The van der Waals surface area contributed by atoms with Crippen LogP contribution in [0.5, 0.6) is 11.5 Å². The molecule has 0 bridgehead atoms. The number of benzene rings is 1. The number of rotatable bonds is 3. The Hall–Kier alpha value is -2.81. The lowest BCUT2D eigenvalue weighted by Gasteiger charge is -2.21. The largest absolute Gasteiger partial charge is 0.486 e. The molecule has 0 fully saturated rings. The van der Waals surface area contributed by atoms with Crippen LogP contribution < -0.4 is 14.8 Å². The van der Waals surface area contributed by atoms with Crippen molar-refractivity contribution in [3.63, 3.8) is 0 Å². The van der Waals surface area contributed by atoms with Gasteiger partial charge < -0.3 is 14.8 Å². The molecule has 1 aliphatic heterocycles. The van der Waals surface area contributed by atoms with Crippen molar-refractivity contribution in [2.45, 2.75) is 13.0 Å². The summed E-state index contributed by atoms with van der Waals surface area (Å²) in [5.41, 5.74) is 1.36. The second-order valence-electron chi connectivity index (χ2n) is 4.68. The first kappa shape index (κ1) is 13.2. The summed E-state index contributed by atoms with van der Waals surface area (Å²) >= 11 is 0. The number of nitriles is 1. The Balaban J connectivity index is 1.75. The molecule has 1 atom stereocenters. The van der Waals surface area contributed by atoms with E-state index in [4.69, 9.17) is 14.7 Å². The molecule has 1 aromatic heterocycles. The van der Waals surface area contributed by atoms with Gasteiger partial charge in [-0.2, -0.15) is 5.26 Å². The Bertz CT molecular complexity index is 679. The van der Waals surface area contributed by atoms with E-state index in [-0.39, 0.29) is 6.04 Å². The maximum absolute atomic E-state index is 8.70. The molecule has 3 rings (SSSR count). The minimum Gasteiger partial charge on any atom is -0.486 e. The summed E-state index contributed by atoms with van der Waals surface area (Å²) in [5, 5.41) is 19.7. The van der Waals surface area contributed by atoms with Gasteiger partial charge in [0.2, 0.25) is 0 Å². The van der Waals surface area contributed by atoms with Crippen molar-refractivity contribution < 1.29 is 9.47 Å². The van der Waals surface area contributed by atoms with Crippen molar-refractivity contribution in [2.24, 2.45) is 0 Å². The van der Waals surface area contributed by atoms with Crippen LogP contribution in [0.25, 0.3) is 0 Å².